The quantitative estimate of drug-likeness (QED) is 0.683. The summed E-state index contributed by atoms with van der Waals surface area (Å²) in [6, 6.07) is 9.46. The summed E-state index contributed by atoms with van der Waals surface area (Å²) in [6.07, 6.45) is 1.94. The van der Waals surface area contributed by atoms with Crippen LogP contribution in [0.4, 0.5) is 4.79 Å². The van der Waals surface area contributed by atoms with Gasteiger partial charge in [-0.05, 0) is 58.1 Å². The van der Waals surface area contributed by atoms with Crippen molar-refractivity contribution in [2.24, 2.45) is 5.92 Å². The van der Waals surface area contributed by atoms with E-state index in [1.165, 1.54) is 12.8 Å². The standard InChI is InChI=1S/C19H30N2O3/c1-19(2,3)24-18(23)21-16(11-14-7-5-4-6-8-14)17(22)13-20-12-15-9-10-15/h4-8,15-17,20,22H,9-13H2,1-3H3,(H,21,23)/t16-,17-/m0/s1. The van der Waals surface area contributed by atoms with E-state index in [-0.39, 0.29) is 0 Å². The lowest BCUT2D eigenvalue weighted by Crippen LogP contribution is -2.50. The molecule has 0 unspecified atom stereocenters. The number of hydrogen-bond acceptors (Lipinski definition) is 4. The van der Waals surface area contributed by atoms with Crippen LogP contribution in [0.3, 0.4) is 0 Å². The normalized spacial score (nSPS) is 17.2. The van der Waals surface area contributed by atoms with E-state index in [0.29, 0.717) is 13.0 Å². The SMILES string of the molecule is CC(C)(C)OC(=O)N[C@@H](Cc1ccccc1)[C@@H](O)CNCC1CC1. The van der Waals surface area contributed by atoms with Gasteiger partial charge in [0.1, 0.15) is 5.60 Å². The molecule has 0 radical (unpaired) electrons. The number of hydrogen-bond donors (Lipinski definition) is 3. The van der Waals surface area contributed by atoms with Crippen molar-refractivity contribution in [3.8, 4) is 0 Å². The summed E-state index contributed by atoms with van der Waals surface area (Å²) in [5.74, 6) is 0.753. The maximum Gasteiger partial charge on any atom is 0.407 e. The summed E-state index contributed by atoms with van der Waals surface area (Å²) in [5, 5.41) is 16.6. The van der Waals surface area contributed by atoms with Crippen molar-refractivity contribution >= 4 is 6.09 Å². The summed E-state index contributed by atoms with van der Waals surface area (Å²) in [5.41, 5.74) is 0.510. The highest BCUT2D eigenvalue weighted by Crippen LogP contribution is 2.27. The van der Waals surface area contributed by atoms with Crippen molar-refractivity contribution in [3.63, 3.8) is 0 Å². The topological polar surface area (TPSA) is 70.6 Å². The summed E-state index contributed by atoms with van der Waals surface area (Å²) >= 11 is 0. The highest BCUT2D eigenvalue weighted by molar-refractivity contribution is 5.68. The first kappa shape index (κ1) is 18.7. The zero-order valence-corrected chi connectivity index (χ0v) is 14.9. The van der Waals surface area contributed by atoms with Gasteiger partial charge >= 0.3 is 6.09 Å². The summed E-state index contributed by atoms with van der Waals surface area (Å²) in [4.78, 5) is 12.1. The van der Waals surface area contributed by atoms with Crippen molar-refractivity contribution < 1.29 is 14.6 Å². The van der Waals surface area contributed by atoms with Crippen molar-refractivity contribution in [1.29, 1.82) is 0 Å². The molecule has 0 spiro atoms. The summed E-state index contributed by atoms with van der Waals surface area (Å²) < 4.78 is 5.33. The van der Waals surface area contributed by atoms with E-state index in [9.17, 15) is 9.90 Å². The van der Waals surface area contributed by atoms with Crippen LogP contribution in [0.25, 0.3) is 0 Å². The predicted molar refractivity (Wildman–Crippen MR) is 94.9 cm³/mol. The fourth-order valence-electron chi connectivity index (χ4n) is 2.51. The molecule has 134 valence electrons. The molecule has 3 N–H and O–H groups in total. The molecule has 2 atom stereocenters. The minimum Gasteiger partial charge on any atom is -0.444 e. The third kappa shape index (κ3) is 7.32. The lowest BCUT2D eigenvalue weighted by Gasteiger charge is -2.27. The Labute approximate surface area is 144 Å². The number of carbonyl (C=O) groups excluding carboxylic acids is 1. The zero-order chi connectivity index (χ0) is 17.6. The van der Waals surface area contributed by atoms with E-state index in [2.05, 4.69) is 10.6 Å². The van der Waals surface area contributed by atoms with Crippen LogP contribution in [0.2, 0.25) is 0 Å². The van der Waals surface area contributed by atoms with Crippen LogP contribution < -0.4 is 10.6 Å². The maximum atomic E-state index is 12.1. The molecule has 0 bridgehead atoms. The number of aliphatic hydroxyl groups is 1. The van der Waals surface area contributed by atoms with E-state index in [1.54, 1.807) is 0 Å². The van der Waals surface area contributed by atoms with Crippen LogP contribution in [0, 0.1) is 5.92 Å². The predicted octanol–water partition coefficient (Wildman–Crippen LogP) is 2.48. The fourth-order valence-corrected chi connectivity index (χ4v) is 2.51. The second-order valence-corrected chi connectivity index (χ2v) is 7.61. The van der Waals surface area contributed by atoms with Crippen LogP contribution in [0.5, 0.6) is 0 Å². The molecule has 1 aliphatic rings. The molecule has 1 aliphatic carbocycles. The van der Waals surface area contributed by atoms with Gasteiger partial charge < -0.3 is 20.5 Å². The molecule has 5 heteroatoms. The van der Waals surface area contributed by atoms with Gasteiger partial charge in [0, 0.05) is 6.54 Å². The van der Waals surface area contributed by atoms with E-state index >= 15 is 0 Å². The summed E-state index contributed by atoms with van der Waals surface area (Å²) in [6.45, 7) is 6.87. The molecular formula is C19H30N2O3. The Hall–Kier alpha value is -1.59. The number of rotatable bonds is 8. The number of alkyl carbamates (subject to hydrolysis) is 1. The number of carbonyl (C=O) groups is 1. The Morgan fingerprint density at radius 2 is 1.96 bits per heavy atom. The first-order valence-electron chi connectivity index (χ1n) is 8.76. The van der Waals surface area contributed by atoms with E-state index < -0.39 is 23.8 Å². The van der Waals surface area contributed by atoms with Crippen molar-refractivity contribution in [3.05, 3.63) is 35.9 Å². The number of nitrogens with one attached hydrogen (secondary N) is 2. The number of aliphatic hydroxyl groups excluding tert-OH is 1. The molecule has 1 fully saturated rings. The van der Waals surface area contributed by atoms with Gasteiger partial charge in [-0.1, -0.05) is 30.3 Å². The zero-order valence-electron chi connectivity index (χ0n) is 14.9. The van der Waals surface area contributed by atoms with Gasteiger partial charge in [0.05, 0.1) is 12.1 Å². The van der Waals surface area contributed by atoms with Gasteiger partial charge in [-0.25, -0.2) is 4.79 Å². The van der Waals surface area contributed by atoms with E-state index in [1.807, 2.05) is 51.1 Å². The minimum atomic E-state index is -0.670. The van der Waals surface area contributed by atoms with Gasteiger partial charge in [0.2, 0.25) is 0 Å². The Morgan fingerprint density at radius 3 is 2.54 bits per heavy atom. The van der Waals surface area contributed by atoms with E-state index in [0.717, 1.165) is 18.0 Å². The van der Waals surface area contributed by atoms with Crippen LogP contribution in [-0.4, -0.2) is 42.0 Å². The number of ether oxygens (including phenoxy) is 1. The summed E-state index contributed by atoms with van der Waals surface area (Å²) in [7, 11) is 0. The highest BCUT2D eigenvalue weighted by Gasteiger charge is 2.26. The molecule has 0 saturated heterocycles. The van der Waals surface area contributed by atoms with Gasteiger partial charge in [0.15, 0.2) is 0 Å². The fraction of sp³-hybridized carbons (Fsp3) is 0.632. The minimum absolute atomic E-state index is 0.394. The van der Waals surface area contributed by atoms with Crippen LogP contribution in [0.15, 0.2) is 30.3 Å². The Bertz CT molecular complexity index is 509. The first-order valence-corrected chi connectivity index (χ1v) is 8.76. The van der Waals surface area contributed by atoms with Gasteiger partial charge in [-0.15, -0.1) is 0 Å². The Morgan fingerprint density at radius 1 is 1.29 bits per heavy atom. The van der Waals surface area contributed by atoms with Crippen molar-refractivity contribution in [2.45, 2.75) is 57.8 Å². The monoisotopic (exact) mass is 334 g/mol. The molecule has 0 aromatic heterocycles. The van der Waals surface area contributed by atoms with Gasteiger partial charge in [-0.3, -0.25) is 0 Å². The van der Waals surface area contributed by atoms with Crippen LogP contribution >= 0.6 is 0 Å². The third-order valence-electron chi connectivity index (χ3n) is 3.95. The Balaban J connectivity index is 1.92. The molecule has 1 saturated carbocycles. The number of benzene rings is 1. The molecular weight excluding hydrogens is 304 g/mol. The van der Waals surface area contributed by atoms with E-state index in [4.69, 9.17) is 4.74 Å². The second-order valence-electron chi connectivity index (χ2n) is 7.61. The van der Waals surface area contributed by atoms with Gasteiger partial charge in [-0.2, -0.15) is 0 Å². The van der Waals surface area contributed by atoms with Crippen molar-refractivity contribution in [2.75, 3.05) is 13.1 Å². The Kier molecular flexibility index (Phi) is 6.63. The van der Waals surface area contributed by atoms with Crippen LogP contribution in [-0.2, 0) is 11.2 Å². The third-order valence-corrected chi connectivity index (χ3v) is 3.95. The molecule has 1 amide bonds. The smallest absolute Gasteiger partial charge is 0.407 e. The first-order chi connectivity index (χ1) is 11.3. The number of amides is 1. The molecule has 1 aromatic rings. The van der Waals surface area contributed by atoms with Crippen molar-refractivity contribution in [1.82, 2.24) is 10.6 Å². The average Bonchev–Trinajstić information content (AvgIpc) is 3.30. The van der Waals surface area contributed by atoms with Crippen LogP contribution in [0.1, 0.15) is 39.2 Å². The van der Waals surface area contributed by atoms with Gasteiger partial charge in [0.25, 0.3) is 0 Å². The average molecular weight is 334 g/mol. The molecule has 0 aliphatic heterocycles. The molecule has 5 nitrogen and oxygen atoms in total. The molecule has 2 rings (SSSR count). The highest BCUT2D eigenvalue weighted by atomic mass is 16.6. The second kappa shape index (κ2) is 8.49. The molecule has 1 aromatic carbocycles. The largest absolute Gasteiger partial charge is 0.444 e. The molecule has 0 heterocycles. The molecule has 24 heavy (non-hydrogen) atoms. The lowest BCUT2D eigenvalue weighted by molar-refractivity contribution is 0.0422. The lowest BCUT2D eigenvalue weighted by atomic mass is 10.0. The maximum absolute atomic E-state index is 12.1.